The Kier molecular flexibility index (Phi) is 4.61. The maximum Gasteiger partial charge on any atom is 0.248 e. The summed E-state index contributed by atoms with van der Waals surface area (Å²) in [4.78, 5) is 36.9. The Balaban J connectivity index is 1.95. The number of aromatic amines is 1. The third-order valence-electron chi connectivity index (χ3n) is 3.78. The molecule has 0 unspecified atom stereocenters. The van der Waals surface area contributed by atoms with Crippen LogP contribution >= 0.6 is 0 Å². The number of methoxy groups -OCH3 is 1. The normalized spacial score (nSPS) is 10.4. The predicted molar refractivity (Wildman–Crippen MR) is 92.3 cm³/mol. The second-order valence-electron chi connectivity index (χ2n) is 5.34. The number of hydrogen-bond acceptors (Lipinski definition) is 5. The van der Waals surface area contributed by atoms with Gasteiger partial charge in [0.2, 0.25) is 11.3 Å². The zero-order chi connectivity index (χ0) is 17.8. The van der Waals surface area contributed by atoms with Gasteiger partial charge in [-0.2, -0.15) is 0 Å². The second kappa shape index (κ2) is 7.00. The second-order valence-corrected chi connectivity index (χ2v) is 5.34. The summed E-state index contributed by atoms with van der Waals surface area (Å²) in [7, 11) is 1.59. The first kappa shape index (κ1) is 16.4. The topological polar surface area (TPSA) is 85.5 Å². The first-order valence-corrected chi connectivity index (χ1v) is 7.53. The lowest BCUT2D eigenvalue weighted by atomic mass is 10.0. The minimum atomic E-state index is -0.654. The van der Waals surface area contributed by atoms with Gasteiger partial charge in [0.05, 0.1) is 12.6 Å². The number of fused-ring (bicyclic) bond motifs is 1. The van der Waals surface area contributed by atoms with Crippen LogP contribution in [0.4, 0.5) is 0 Å². The van der Waals surface area contributed by atoms with E-state index in [9.17, 15) is 14.4 Å². The largest absolute Gasteiger partial charge is 0.497 e. The molecule has 1 aromatic heterocycles. The van der Waals surface area contributed by atoms with Crippen molar-refractivity contribution in [3.8, 4) is 11.5 Å². The van der Waals surface area contributed by atoms with Crippen LogP contribution < -0.4 is 15.0 Å². The number of H-pyrrole nitrogens is 1. The minimum Gasteiger partial charge on any atom is -0.497 e. The molecule has 0 aliphatic heterocycles. The highest BCUT2D eigenvalue weighted by Gasteiger charge is 2.13. The lowest BCUT2D eigenvalue weighted by Gasteiger charge is -2.11. The molecule has 126 valence electrons. The van der Waals surface area contributed by atoms with E-state index in [1.807, 2.05) is 24.3 Å². The zero-order valence-electron chi connectivity index (χ0n) is 13.4. The molecule has 0 aliphatic rings. The molecule has 0 spiro atoms. The minimum absolute atomic E-state index is 0.220. The molecule has 2 aromatic carbocycles. The van der Waals surface area contributed by atoms with Crippen molar-refractivity contribution >= 4 is 23.0 Å². The van der Waals surface area contributed by atoms with E-state index in [0.29, 0.717) is 16.7 Å². The molecule has 3 rings (SSSR count). The Bertz CT molecular complexity index is 989. The number of nitrogens with one attached hydrogen (secondary N) is 1. The lowest BCUT2D eigenvalue weighted by Crippen LogP contribution is -2.08. The van der Waals surface area contributed by atoms with E-state index in [2.05, 4.69) is 4.98 Å². The van der Waals surface area contributed by atoms with Crippen molar-refractivity contribution in [2.75, 3.05) is 7.11 Å². The van der Waals surface area contributed by atoms with Gasteiger partial charge in [0.1, 0.15) is 18.1 Å². The van der Waals surface area contributed by atoms with E-state index in [-0.39, 0.29) is 24.0 Å². The number of aldehydes is 1. The van der Waals surface area contributed by atoms with Gasteiger partial charge in [-0.3, -0.25) is 14.4 Å². The number of ether oxygens (including phenoxy) is 2. The summed E-state index contributed by atoms with van der Waals surface area (Å²) in [5, 5.41) is 0.462. The Morgan fingerprint density at radius 2 is 1.84 bits per heavy atom. The van der Waals surface area contributed by atoms with E-state index in [0.717, 1.165) is 11.3 Å². The fourth-order valence-electron chi connectivity index (χ4n) is 2.51. The first-order chi connectivity index (χ1) is 12.1. The molecule has 3 aromatic rings. The number of benzene rings is 2. The average molecular weight is 337 g/mol. The Hall–Kier alpha value is -3.41. The number of carbonyl (C=O) groups is 2. The monoisotopic (exact) mass is 337 g/mol. The predicted octanol–water partition coefficient (Wildman–Crippen LogP) is 2.50. The molecule has 1 N–H and O–H groups in total. The molecule has 6 nitrogen and oxygen atoms in total. The lowest BCUT2D eigenvalue weighted by molar-refractivity contribution is -0.104. The van der Waals surface area contributed by atoms with Crippen LogP contribution in [0.1, 0.15) is 15.9 Å². The van der Waals surface area contributed by atoms with Gasteiger partial charge in [0.25, 0.3) is 0 Å². The quantitative estimate of drug-likeness (QED) is 0.424. The van der Waals surface area contributed by atoms with Gasteiger partial charge >= 0.3 is 0 Å². The molecule has 25 heavy (non-hydrogen) atoms. The maximum atomic E-state index is 11.8. The number of carbonyl (C=O) groups excluding carboxylic acids is 2. The standard InChI is InChI=1S/C19H15NO5/c1-24-13-4-2-12(3-5-13)11-25-17-8-6-14(16(22)10-21)15-7-9-18(23)20-19(15)17/h2-10H,11H2,1H3,(H,20,23). The van der Waals surface area contributed by atoms with Crippen LogP contribution in [0.25, 0.3) is 10.9 Å². The molecule has 0 radical (unpaired) electrons. The van der Waals surface area contributed by atoms with E-state index in [1.165, 1.54) is 18.2 Å². The van der Waals surface area contributed by atoms with Crippen molar-refractivity contribution in [1.29, 1.82) is 0 Å². The van der Waals surface area contributed by atoms with Crippen LogP contribution in [-0.2, 0) is 11.4 Å². The van der Waals surface area contributed by atoms with Crippen LogP contribution in [0.15, 0.2) is 53.3 Å². The van der Waals surface area contributed by atoms with Crippen LogP contribution in [0, 0.1) is 0 Å². The van der Waals surface area contributed by atoms with Crippen molar-refractivity contribution < 1.29 is 19.1 Å². The number of ketones is 1. The SMILES string of the molecule is COc1ccc(COc2ccc(C(=O)C=O)c3ccc(=O)[nH]c23)cc1. The molecule has 0 amide bonds. The van der Waals surface area contributed by atoms with Gasteiger partial charge in [-0.25, -0.2) is 0 Å². The van der Waals surface area contributed by atoms with Crippen molar-refractivity contribution in [2.45, 2.75) is 6.61 Å². The van der Waals surface area contributed by atoms with Crippen LogP contribution in [-0.4, -0.2) is 24.2 Å². The van der Waals surface area contributed by atoms with Crippen molar-refractivity contribution in [3.05, 3.63) is 70.0 Å². The molecule has 1 heterocycles. The molecule has 0 atom stereocenters. The van der Waals surface area contributed by atoms with Crippen molar-refractivity contribution in [2.24, 2.45) is 0 Å². The van der Waals surface area contributed by atoms with Crippen molar-refractivity contribution in [1.82, 2.24) is 4.98 Å². The Labute approximate surface area is 143 Å². The molecular weight excluding hydrogens is 322 g/mol. The third kappa shape index (κ3) is 3.42. The van der Waals surface area contributed by atoms with Gasteiger partial charge in [-0.1, -0.05) is 12.1 Å². The Morgan fingerprint density at radius 1 is 1.08 bits per heavy atom. The maximum absolute atomic E-state index is 11.8. The summed E-state index contributed by atoms with van der Waals surface area (Å²) >= 11 is 0. The fourth-order valence-corrected chi connectivity index (χ4v) is 2.51. The van der Waals surface area contributed by atoms with Gasteiger partial charge < -0.3 is 14.5 Å². The van der Waals surface area contributed by atoms with E-state index < -0.39 is 5.78 Å². The van der Waals surface area contributed by atoms with Gasteiger partial charge in [-0.05, 0) is 35.9 Å². The smallest absolute Gasteiger partial charge is 0.248 e. The number of rotatable bonds is 6. The number of aromatic nitrogens is 1. The highest BCUT2D eigenvalue weighted by molar-refractivity contribution is 6.36. The Morgan fingerprint density at radius 3 is 2.52 bits per heavy atom. The molecule has 0 saturated heterocycles. The van der Waals surface area contributed by atoms with Crippen LogP contribution in [0.2, 0.25) is 0 Å². The van der Waals surface area contributed by atoms with E-state index in [4.69, 9.17) is 9.47 Å². The molecule has 0 aliphatic carbocycles. The number of hydrogen-bond donors (Lipinski definition) is 1. The van der Waals surface area contributed by atoms with Crippen LogP contribution in [0.5, 0.6) is 11.5 Å². The summed E-state index contributed by atoms with van der Waals surface area (Å²) in [6.45, 7) is 0.275. The van der Waals surface area contributed by atoms with E-state index in [1.54, 1.807) is 13.2 Å². The summed E-state index contributed by atoms with van der Waals surface area (Å²) in [5.41, 5.74) is 1.20. The summed E-state index contributed by atoms with van der Waals surface area (Å²) in [6.07, 6.45) is 0.248. The first-order valence-electron chi connectivity index (χ1n) is 7.53. The van der Waals surface area contributed by atoms with Gasteiger partial charge in [-0.15, -0.1) is 0 Å². The molecule has 0 bridgehead atoms. The fraction of sp³-hybridized carbons (Fsp3) is 0.105. The van der Waals surface area contributed by atoms with Gasteiger partial charge in [0.15, 0.2) is 6.29 Å². The summed E-state index contributed by atoms with van der Waals surface area (Å²) < 4.78 is 10.9. The molecule has 0 fully saturated rings. The molecule has 6 heteroatoms. The highest BCUT2D eigenvalue weighted by Crippen LogP contribution is 2.27. The summed E-state index contributed by atoms with van der Waals surface area (Å²) in [6, 6.07) is 13.3. The van der Waals surface area contributed by atoms with Crippen molar-refractivity contribution in [3.63, 3.8) is 0 Å². The van der Waals surface area contributed by atoms with E-state index >= 15 is 0 Å². The number of pyridine rings is 1. The zero-order valence-corrected chi connectivity index (χ0v) is 13.4. The third-order valence-corrected chi connectivity index (χ3v) is 3.78. The molecule has 0 saturated carbocycles. The summed E-state index contributed by atoms with van der Waals surface area (Å²) in [5.74, 6) is 0.514. The number of Topliss-reactive ketones (excluding diaryl/α,β-unsaturated/α-hetero) is 1. The highest BCUT2D eigenvalue weighted by atomic mass is 16.5. The molecular formula is C19H15NO5. The van der Waals surface area contributed by atoms with Crippen LogP contribution in [0.3, 0.4) is 0 Å². The average Bonchev–Trinajstić information content (AvgIpc) is 2.65. The van der Waals surface area contributed by atoms with Gasteiger partial charge in [0, 0.05) is 17.0 Å².